The topological polar surface area (TPSA) is 79.0 Å². The van der Waals surface area contributed by atoms with Gasteiger partial charge in [0.25, 0.3) is 0 Å². The summed E-state index contributed by atoms with van der Waals surface area (Å²) in [6.45, 7) is 3.85. The lowest BCUT2D eigenvalue weighted by Crippen LogP contribution is -2.47. The third kappa shape index (κ3) is 5.43. The van der Waals surface area contributed by atoms with E-state index in [-0.39, 0.29) is 11.4 Å². The van der Waals surface area contributed by atoms with Crippen LogP contribution < -0.4 is 19.3 Å². The minimum Gasteiger partial charge on any atom is -0.495 e. The molecule has 1 N–H and O–H groups in total. The molecule has 0 aromatic heterocycles. The second-order valence-corrected chi connectivity index (χ2v) is 9.80. The van der Waals surface area contributed by atoms with Gasteiger partial charge in [-0.1, -0.05) is 18.5 Å². The van der Waals surface area contributed by atoms with Crippen molar-refractivity contribution in [2.75, 3.05) is 41.0 Å². The normalized spacial score (nSPS) is 14.9. The van der Waals surface area contributed by atoms with Crippen LogP contribution in [0.25, 0.3) is 0 Å². The van der Waals surface area contributed by atoms with E-state index in [4.69, 9.17) is 16.3 Å². The maximum absolute atomic E-state index is 13.1. The van der Waals surface area contributed by atoms with Crippen molar-refractivity contribution in [2.24, 2.45) is 0 Å². The molecule has 1 aliphatic rings. The van der Waals surface area contributed by atoms with Crippen LogP contribution in [-0.4, -0.2) is 46.8 Å². The molecule has 9 heteroatoms. The number of benzene rings is 2. The first-order chi connectivity index (χ1) is 14.7. The lowest BCUT2D eigenvalue weighted by molar-refractivity contribution is -0.117. The molecule has 1 saturated heterocycles. The molecular formula is C22H28ClN3O4S. The number of methoxy groups -OCH3 is 1. The Bertz CT molecular complexity index is 1020. The number of rotatable bonds is 8. The molecule has 3 rings (SSSR count). The number of halogens is 1. The molecule has 31 heavy (non-hydrogen) atoms. The number of carbonyl (C=O) groups is 1. The summed E-state index contributed by atoms with van der Waals surface area (Å²) in [4.78, 5) is 15.4. The van der Waals surface area contributed by atoms with E-state index < -0.39 is 22.0 Å². The first-order valence-electron chi connectivity index (χ1n) is 10.2. The molecule has 0 unspecified atom stereocenters. The molecule has 1 amide bonds. The van der Waals surface area contributed by atoms with E-state index in [1.807, 2.05) is 24.3 Å². The molecule has 2 aromatic carbocycles. The summed E-state index contributed by atoms with van der Waals surface area (Å²) in [5.41, 5.74) is 2.04. The molecule has 1 aliphatic heterocycles. The zero-order chi connectivity index (χ0) is 22.6. The molecular weight excluding hydrogens is 438 g/mol. The van der Waals surface area contributed by atoms with Crippen LogP contribution in [0.5, 0.6) is 5.75 Å². The predicted octanol–water partition coefficient (Wildman–Crippen LogP) is 4.13. The number of amides is 1. The average molecular weight is 466 g/mol. The van der Waals surface area contributed by atoms with Gasteiger partial charge in [-0.2, -0.15) is 0 Å². The predicted molar refractivity (Wildman–Crippen MR) is 126 cm³/mol. The van der Waals surface area contributed by atoms with Crippen molar-refractivity contribution in [1.29, 1.82) is 0 Å². The van der Waals surface area contributed by atoms with Crippen molar-refractivity contribution in [3.8, 4) is 5.75 Å². The van der Waals surface area contributed by atoms with Crippen molar-refractivity contribution in [3.63, 3.8) is 0 Å². The highest BCUT2D eigenvalue weighted by Crippen LogP contribution is 2.32. The summed E-state index contributed by atoms with van der Waals surface area (Å²) >= 11 is 6.20. The molecule has 0 radical (unpaired) electrons. The van der Waals surface area contributed by atoms with Crippen LogP contribution in [-0.2, 0) is 14.8 Å². The number of hydrogen-bond donors (Lipinski definition) is 1. The Balaban J connectivity index is 1.83. The first-order valence-corrected chi connectivity index (χ1v) is 12.5. The maximum atomic E-state index is 13.1. The molecule has 1 fully saturated rings. The molecule has 168 valence electrons. The van der Waals surface area contributed by atoms with E-state index in [2.05, 4.69) is 10.2 Å². The summed E-state index contributed by atoms with van der Waals surface area (Å²) in [5.74, 6) is 0.0169. The van der Waals surface area contributed by atoms with Crippen molar-refractivity contribution in [2.45, 2.75) is 32.2 Å². The van der Waals surface area contributed by atoms with Gasteiger partial charge < -0.3 is 15.0 Å². The number of nitrogens with one attached hydrogen (secondary N) is 1. The Labute approximate surface area is 189 Å². The van der Waals surface area contributed by atoms with Crippen LogP contribution in [0.1, 0.15) is 26.2 Å². The first kappa shape index (κ1) is 23.2. The largest absolute Gasteiger partial charge is 0.495 e. The van der Waals surface area contributed by atoms with Crippen LogP contribution in [0.15, 0.2) is 42.5 Å². The van der Waals surface area contributed by atoms with E-state index in [9.17, 15) is 13.2 Å². The molecule has 0 spiro atoms. The van der Waals surface area contributed by atoms with Gasteiger partial charge in [0, 0.05) is 24.5 Å². The number of anilines is 3. The van der Waals surface area contributed by atoms with Gasteiger partial charge in [-0.05, 0) is 61.7 Å². The maximum Gasteiger partial charge on any atom is 0.248 e. The van der Waals surface area contributed by atoms with E-state index in [0.29, 0.717) is 17.1 Å². The van der Waals surface area contributed by atoms with Gasteiger partial charge in [-0.3, -0.25) is 9.10 Å². The van der Waals surface area contributed by atoms with Gasteiger partial charge in [0.2, 0.25) is 15.9 Å². The Morgan fingerprint density at radius 3 is 2.35 bits per heavy atom. The number of hydrogen-bond acceptors (Lipinski definition) is 5. The fourth-order valence-corrected chi connectivity index (χ4v) is 5.26. The standard InChI is InChI=1S/C22H28ClN3O4S/c1-4-20(26(31(3,28)29)18-11-12-21(30-2)19(23)15-18)22(27)24-16-7-9-17(10-8-16)25-13-5-6-14-25/h7-12,15,20H,4-6,13-14H2,1-3H3,(H,24,27)/t20-/m0/s1. The van der Waals surface area contributed by atoms with E-state index >= 15 is 0 Å². The van der Waals surface area contributed by atoms with Crippen LogP contribution >= 0.6 is 11.6 Å². The minimum absolute atomic E-state index is 0.265. The lowest BCUT2D eigenvalue weighted by Gasteiger charge is -2.30. The molecule has 1 heterocycles. The number of ether oxygens (including phenoxy) is 1. The second kappa shape index (κ2) is 9.78. The zero-order valence-electron chi connectivity index (χ0n) is 18.0. The highest BCUT2D eigenvalue weighted by Gasteiger charge is 2.32. The van der Waals surface area contributed by atoms with Crippen molar-refractivity contribution < 1.29 is 17.9 Å². The molecule has 0 bridgehead atoms. The second-order valence-electron chi connectivity index (χ2n) is 7.53. The van der Waals surface area contributed by atoms with Crippen molar-refractivity contribution >= 4 is 44.6 Å². The highest BCUT2D eigenvalue weighted by molar-refractivity contribution is 7.92. The zero-order valence-corrected chi connectivity index (χ0v) is 19.5. The van der Waals surface area contributed by atoms with Gasteiger partial charge in [0.15, 0.2) is 0 Å². The van der Waals surface area contributed by atoms with Crippen LogP contribution in [0.3, 0.4) is 0 Å². The Morgan fingerprint density at radius 2 is 1.84 bits per heavy atom. The summed E-state index contributed by atoms with van der Waals surface area (Å²) in [6, 6.07) is 11.3. The highest BCUT2D eigenvalue weighted by atomic mass is 35.5. The van der Waals surface area contributed by atoms with Gasteiger partial charge in [0.05, 0.1) is 24.1 Å². The molecule has 2 aromatic rings. The summed E-state index contributed by atoms with van der Waals surface area (Å²) in [7, 11) is -2.28. The summed E-state index contributed by atoms with van der Waals surface area (Å²) < 4.78 is 31.5. The molecule has 0 saturated carbocycles. The van der Waals surface area contributed by atoms with Gasteiger partial charge in [-0.25, -0.2) is 8.42 Å². The van der Waals surface area contributed by atoms with E-state index in [1.165, 1.54) is 26.0 Å². The Hall–Kier alpha value is -2.45. The molecule has 7 nitrogen and oxygen atoms in total. The average Bonchev–Trinajstić information content (AvgIpc) is 3.26. The third-order valence-corrected chi connectivity index (χ3v) is 6.80. The number of carbonyl (C=O) groups excluding carboxylic acids is 1. The number of nitrogens with zero attached hydrogens (tertiary/aromatic N) is 2. The minimum atomic E-state index is -3.75. The van der Waals surface area contributed by atoms with E-state index in [0.717, 1.165) is 29.3 Å². The van der Waals surface area contributed by atoms with Crippen LogP contribution in [0.4, 0.5) is 17.1 Å². The summed E-state index contributed by atoms with van der Waals surface area (Å²) in [6.07, 6.45) is 3.74. The smallest absolute Gasteiger partial charge is 0.248 e. The fraction of sp³-hybridized carbons (Fsp3) is 0.409. The van der Waals surface area contributed by atoms with Gasteiger partial charge in [0.1, 0.15) is 11.8 Å². The fourth-order valence-electron chi connectivity index (χ4n) is 3.81. The molecule has 0 aliphatic carbocycles. The Kier molecular flexibility index (Phi) is 7.33. The molecule has 1 atom stereocenters. The van der Waals surface area contributed by atoms with Gasteiger partial charge in [-0.15, -0.1) is 0 Å². The van der Waals surface area contributed by atoms with Crippen molar-refractivity contribution in [3.05, 3.63) is 47.5 Å². The van der Waals surface area contributed by atoms with Crippen LogP contribution in [0, 0.1) is 0 Å². The quantitative estimate of drug-likeness (QED) is 0.634. The van der Waals surface area contributed by atoms with Crippen LogP contribution in [0.2, 0.25) is 5.02 Å². The lowest BCUT2D eigenvalue weighted by atomic mass is 10.1. The third-order valence-electron chi connectivity index (χ3n) is 5.33. The van der Waals surface area contributed by atoms with Crippen molar-refractivity contribution in [1.82, 2.24) is 0 Å². The SMILES string of the molecule is CC[C@@H](C(=O)Nc1ccc(N2CCCC2)cc1)N(c1ccc(OC)c(Cl)c1)S(C)(=O)=O. The van der Waals surface area contributed by atoms with Gasteiger partial charge >= 0.3 is 0 Å². The van der Waals surface area contributed by atoms with E-state index in [1.54, 1.807) is 19.1 Å². The monoisotopic (exact) mass is 465 g/mol. The summed E-state index contributed by atoms with van der Waals surface area (Å²) in [5, 5.41) is 3.11. The number of sulfonamides is 1. The Morgan fingerprint density at radius 1 is 1.19 bits per heavy atom.